The van der Waals surface area contributed by atoms with Crippen LogP contribution in [0, 0.1) is 23.0 Å². The molecule has 13 heteroatoms. The number of pyridine rings is 1. The molecule has 0 spiro atoms. The molecule has 0 unspecified atom stereocenters. The molecule has 8 nitrogen and oxygen atoms in total. The summed E-state index contributed by atoms with van der Waals surface area (Å²) >= 11 is 0. The number of methoxy groups -OCH3 is 1. The molecule has 1 aromatic carbocycles. The highest BCUT2D eigenvalue weighted by Gasteiger charge is 2.30. The molecule has 2 aromatic heterocycles. The Morgan fingerprint density at radius 3 is 2.39 bits per heavy atom. The molecule has 0 atom stereocenters. The van der Waals surface area contributed by atoms with Crippen molar-refractivity contribution in [1.82, 2.24) is 14.5 Å². The maximum atomic E-state index is 14.6. The van der Waals surface area contributed by atoms with Crippen LogP contribution in [0.25, 0.3) is 22.4 Å². The number of aromatic nitrogens is 3. The van der Waals surface area contributed by atoms with Crippen LogP contribution in [-0.4, -0.2) is 64.3 Å². The van der Waals surface area contributed by atoms with Gasteiger partial charge in [0.05, 0.1) is 47.5 Å². The monoisotopic (exact) mass is 482 g/mol. The van der Waals surface area contributed by atoms with Crippen molar-refractivity contribution in [3.63, 3.8) is 0 Å². The average Bonchev–Trinajstić information content (AvgIpc) is 2.83. The van der Waals surface area contributed by atoms with E-state index in [1.807, 2.05) is 0 Å². The van der Waals surface area contributed by atoms with Crippen LogP contribution in [0.4, 0.5) is 14.7 Å². The molecule has 3 aromatic rings. The van der Waals surface area contributed by atoms with Gasteiger partial charge in [0.2, 0.25) is 11.8 Å². The summed E-state index contributed by atoms with van der Waals surface area (Å²) in [6, 6.07) is 6.50. The van der Waals surface area contributed by atoms with Crippen molar-refractivity contribution in [2.75, 3.05) is 25.1 Å². The van der Waals surface area contributed by atoms with Crippen molar-refractivity contribution < 1.29 is 13.5 Å². The van der Waals surface area contributed by atoms with Crippen LogP contribution in [0.5, 0.6) is 5.88 Å². The van der Waals surface area contributed by atoms with Gasteiger partial charge in [-0.2, -0.15) is 5.26 Å². The summed E-state index contributed by atoms with van der Waals surface area (Å²) < 4.78 is 35.0. The number of ether oxygens (including phenoxy) is 1. The van der Waals surface area contributed by atoms with Crippen LogP contribution in [0.15, 0.2) is 35.3 Å². The van der Waals surface area contributed by atoms with Crippen LogP contribution in [0.1, 0.15) is 18.4 Å². The molecule has 1 saturated heterocycles. The molecular formula is C23H19B3F2N6O2. The van der Waals surface area contributed by atoms with Gasteiger partial charge in [0, 0.05) is 36.5 Å². The number of rotatable bonds is 5. The Balaban J connectivity index is 2.06. The number of nitrogens with zero attached hydrogens (tertiary/aromatic N) is 5. The third-order valence-corrected chi connectivity index (χ3v) is 5.93. The van der Waals surface area contributed by atoms with Crippen LogP contribution >= 0.6 is 0 Å². The first-order valence-corrected chi connectivity index (χ1v) is 11.0. The van der Waals surface area contributed by atoms with Crippen molar-refractivity contribution in [2.24, 2.45) is 5.73 Å². The lowest BCUT2D eigenvalue weighted by Crippen LogP contribution is -2.49. The molecule has 3 heterocycles. The number of anilines is 1. The van der Waals surface area contributed by atoms with Crippen LogP contribution in [0.3, 0.4) is 0 Å². The zero-order chi connectivity index (χ0) is 26.2. The van der Waals surface area contributed by atoms with Crippen molar-refractivity contribution in [3.8, 4) is 34.3 Å². The summed E-state index contributed by atoms with van der Waals surface area (Å²) in [5.74, 6) is -1.90. The van der Waals surface area contributed by atoms with Crippen molar-refractivity contribution in [1.29, 1.82) is 5.26 Å². The first kappa shape index (κ1) is 25.4. The molecule has 0 amide bonds. The first-order valence-electron chi connectivity index (χ1n) is 11.0. The SMILES string of the molecule is [B]C([B])([B])n1c(N2CCC(N)CC2)nc(-c2ccc(C#N)c(F)c2)c(-c2cnc(OC)c(F)c2)c1=O. The van der Waals surface area contributed by atoms with E-state index < -0.39 is 22.4 Å². The lowest BCUT2D eigenvalue weighted by molar-refractivity contribution is 0.369. The van der Waals surface area contributed by atoms with Gasteiger partial charge >= 0.3 is 0 Å². The Morgan fingerprint density at radius 1 is 1.17 bits per heavy atom. The predicted molar refractivity (Wildman–Crippen MR) is 133 cm³/mol. The van der Waals surface area contributed by atoms with Gasteiger partial charge in [0.1, 0.15) is 11.9 Å². The third-order valence-electron chi connectivity index (χ3n) is 5.93. The predicted octanol–water partition coefficient (Wildman–Crippen LogP) is 1.13. The summed E-state index contributed by atoms with van der Waals surface area (Å²) in [5, 5.41) is 6.94. The zero-order valence-electron chi connectivity index (χ0n) is 19.4. The minimum atomic E-state index is -2.18. The van der Waals surface area contributed by atoms with E-state index in [-0.39, 0.29) is 45.8 Å². The Kier molecular flexibility index (Phi) is 6.91. The topological polar surface area (TPSA) is 110 Å². The highest BCUT2D eigenvalue weighted by atomic mass is 19.1. The lowest BCUT2D eigenvalue weighted by Gasteiger charge is -2.37. The molecule has 0 bridgehead atoms. The summed E-state index contributed by atoms with van der Waals surface area (Å²) in [7, 11) is 19.2. The zero-order valence-corrected chi connectivity index (χ0v) is 19.4. The number of piperidine rings is 1. The highest BCUT2D eigenvalue weighted by molar-refractivity contribution is 6.56. The normalized spacial score (nSPS) is 14.5. The average molecular weight is 482 g/mol. The smallest absolute Gasteiger partial charge is 0.261 e. The van der Waals surface area contributed by atoms with Crippen molar-refractivity contribution in [2.45, 2.75) is 24.1 Å². The number of nitriles is 1. The summed E-state index contributed by atoms with van der Waals surface area (Å²) in [5.41, 5.74) is 5.03. The van der Waals surface area contributed by atoms with Gasteiger partial charge in [-0.15, -0.1) is 0 Å². The van der Waals surface area contributed by atoms with Gasteiger partial charge in [-0.25, -0.2) is 18.7 Å². The molecule has 36 heavy (non-hydrogen) atoms. The summed E-state index contributed by atoms with van der Waals surface area (Å²) in [6.07, 6.45) is 2.43. The number of hydrogen-bond donors (Lipinski definition) is 1. The lowest BCUT2D eigenvalue weighted by atomic mass is 9.49. The minimum absolute atomic E-state index is 0.000119. The fourth-order valence-electron chi connectivity index (χ4n) is 4.10. The van der Waals surface area contributed by atoms with Gasteiger partial charge in [-0.3, -0.25) is 9.36 Å². The van der Waals surface area contributed by atoms with E-state index in [2.05, 4.69) is 9.97 Å². The largest absolute Gasteiger partial charge is 0.479 e. The van der Waals surface area contributed by atoms with E-state index in [4.69, 9.17) is 39.3 Å². The van der Waals surface area contributed by atoms with Crippen molar-refractivity contribution in [3.05, 3.63) is 58.0 Å². The van der Waals surface area contributed by atoms with Crippen LogP contribution in [0.2, 0.25) is 0 Å². The number of nitrogens with two attached hydrogens (primary N) is 1. The van der Waals surface area contributed by atoms with Gasteiger partial charge in [0.25, 0.3) is 5.56 Å². The molecule has 1 aliphatic rings. The third kappa shape index (κ3) is 4.73. The van der Waals surface area contributed by atoms with E-state index in [1.54, 1.807) is 11.0 Å². The first-order chi connectivity index (χ1) is 17.0. The second-order valence-corrected chi connectivity index (χ2v) is 8.51. The number of halogens is 2. The fraction of sp³-hybridized carbons (Fsp3) is 0.304. The van der Waals surface area contributed by atoms with Gasteiger partial charge < -0.3 is 15.4 Å². The maximum Gasteiger partial charge on any atom is 0.261 e. The number of benzene rings is 1. The van der Waals surface area contributed by atoms with E-state index in [0.29, 0.717) is 25.9 Å². The molecule has 176 valence electrons. The van der Waals surface area contributed by atoms with E-state index >= 15 is 0 Å². The molecular weight excluding hydrogens is 463 g/mol. The van der Waals surface area contributed by atoms with Gasteiger partial charge in [-0.1, -0.05) is 11.3 Å². The highest BCUT2D eigenvalue weighted by Crippen LogP contribution is 2.33. The van der Waals surface area contributed by atoms with E-state index in [0.717, 1.165) is 16.7 Å². The molecule has 4 rings (SSSR count). The minimum Gasteiger partial charge on any atom is -0.479 e. The summed E-state index contributed by atoms with van der Waals surface area (Å²) in [4.78, 5) is 24.2. The Bertz CT molecular complexity index is 1410. The van der Waals surface area contributed by atoms with Gasteiger partial charge in [0.15, 0.2) is 5.82 Å². The maximum absolute atomic E-state index is 14.6. The second kappa shape index (κ2) is 9.78. The quantitative estimate of drug-likeness (QED) is 0.544. The van der Waals surface area contributed by atoms with Crippen LogP contribution in [-0.2, 0) is 5.24 Å². The molecule has 0 aliphatic carbocycles. The van der Waals surface area contributed by atoms with Crippen molar-refractivity contribution >= 4 is 29.5 Å². The second-order valence-electron chi connectivity index (χ2n) is 8.51. The summed E-state index contributed by atoms with van der Waals surface area (Å²) in [6.45, 7) is 0.867. The molecule has 0 saturated carbocycles. The van der Waals surface area contributed by atoms with Crippen LogP contribution < -0.4 is 20.9 Å². The Labute approximate surface area is 210 Å². The fourth-order valence-corrected chi connectivity index (χ4v) is 4.10. The molecule has 1 aliphatic heterocycles. The van der Waals surface area contributed by atoms with E-state index in [1.165, 1.54) is 25.4 Å². The molecule has 1 fully saturated rings. The van der Waals surface area contributed by atoms with Gasteiger partial charge in [-0.05, 0) is 31.0 Å². The standard InChI is InChI=1S/C23H19B3F2N6O2/c1-36-20-17(28)9-14(11-31-20)18-19(12-2-3-13(10-29)16(27)8-12)32-22(33-6-4-15(30)5-7-33)34(21(18)35)23(24,25)26/h2-3,8-9,11,15H,4-7,30H2,1H3. The number of hydrogen-bond acceptors (Lipinski definition) is 7. The molecule has 6 radical (unpaired) electrons. The Morgan fingerprint density at radius 2 is 1.83 bits per heavy atom. The van der Waals surface area contributed by atoms with E-state index in [9.17, 15) is 13.6 Å². The Hall–Kier alpha value is -3.65. The molecule has 2 N–H and O–H groups in total.